The molecule has 0 amide bonds. The van der Waals surface area contributed by atoms with Crippen molar-refractivity contribution in [3.05, 3.63) is 177 Å². The molecule has 6 rings (SSSR count). The smallest absolute Gasteiger partial charge is 0.310 e. The van der Waals surface area contributed by atoms with Crippen molar-refractivity contribution >= 4 is 34.1 Å². The van der Waals surface area contributed by atoms with Crippen LogP contribution in [0.25, 0.3) is 0 Å². The summed E-state index contributed by atoms with van der Waals surface area (Å²) in [5.41, 5.74) is -37.9. The molecule has 79 heavy (non-hydrogen) atoms. The molecule has 0 heterocycles. The van der Waals surface area contributed by atoms with Crippen LogP contribution in [0.15, 0.2) is 121 Å². The number of alkyl halides is 30. The van der Waals surface area contributed by atoms with Gasteiger partial charge in [0.05, 0.1) is 44.5 Å². The lowest BCUT2D eigenvalue weighted by atomic mass is 9.72. The zero-order chi connectivity index (χ0) is 60.0. The Morgan fingerprint density at radius 3 is 0.456 bits per heavy atom. The average molecular weight is 1180 g/mol. The van der Waals surface area contributed by atoms with Crippen molar-refractivity contribution in [1.82, 2.24) is 0 Å². The molecule has 2 nitrogen and oxygen atoms in total. The first-order chi connectivity index (χ1) is 35.5. The van der Waals surface area contributed by atoms with E-state index in [9.17, 15) is 105 Å². The van der Waals surface area contributed by atoms with Gasteiger partial charge in [-0.15, -0.1) is 0 Å². The van der Waals surface area contributed by atoms with E-state index in [1.165, 1.54) is 0 Å². The predicted octanol–water partition coefficient (Wildman–Crippen LogP) is 20.2. The van der Waals surface area contributed by atoms with Gasteiger partial charge < -0.3 is 9.80 Å². The highest BCUT2D eigenvalue weighted by atomic mass is 19.4. The van der Waals surface area contributed by atoms with Crippen LogP contribution in [-0.2, 0) is 54.8 Å². The van der Waals surface area contributed by atoms with E-state index in [0.29, 0.717) is 0 Å². The van der Waals surface area contributed by atoms with E-state index in [-0.39, 0.29) is 107 Å². The van der Waals surface area contributed by atoms with Crippen molar-refractivity contribution in [3.63, 3.8) is 0 Å². The number of hydrogen-bond acceptors (Lipinski definition) is 2. The molecule has 0 unspecified atom stereocenters. The van der Waals surface area contributed by atoms with Gasteiger partial charge in [0.1, 0.15) is 0 Å². The minimum absolute atomic E-state index is 0.0730. The monoisotopic (exact) mass is 1180 g/mol. The van der Waals surface area contributed by atoms with Crippen LogP contribution in [0.1, 0.15) is 55.6 Å². The minimum Gasteiger partial charge on any atom is -0.310 e. The molecule has 0 aliphatic rings. The van der Waals surface area contributed by atoms with Crippen LogP contribution in [0.3, 0.4) is 0 Å². The average Bonchev–Trinajstić information content (AvgIpc) is 3.31. The first-order valence-electron chi connectivity index (χ1n) is 20.6. The summed E-state index contributed by atoms with van der Waals surface area (Å²) in [5, 5.41) is 0. The Morgan fingerprint density at radius 2 is 0.329 bits per heavy atom. The highest BCUT2D eigenvalue weighted by Gasteiger charge is 2.72. The summed E-state index contributed by atoms with van der Waals surface area (Å²) >= 11 is 0. The van der Waals surface area contributed by atoms with E-state index in [1.807, 2.05) is 0 Å². The predicted molar refractivity (Wildman–Crippen MR) is 215 cm³/mol. The van der Waals surface area contributed by atoms with Gasteiger partial charge in [0.15, 0.2) is 0 Å². The van der Waals surface area contributed by atoms with E-state index < -0.39 is 181 Å². The Bertz CT molecular complexity index is 2680. The largest absolute Gasteiger partial charge is 0.416 e. The molecular formula is C47H20F30N2. The number of halogens is 30. The van der Waals surface area contributed by atoms with E-state index in [2.05, 4.69) is 0 Å². The summed E-state index contributed by atoms with van der Waals surface area (Å²) in [5.74, 6) is 0. The summed E-state index contributed by atoms with van der Waals surface area (Å²) in [4.78, 5) is -0.581. The van der Waals surface area contributed by atoms with E-state index in [0.717, 1.165) is 0 Å². The van der Waals surface area contributed by atoms with Crippen LogP contribution < -0.4 is 9.80 Å². The number of anilines is 6. The zero-order valence-electron chi connectivity index (χ0n) is 37.3. The third kappa shape index (κ3) is 12.7. The number of rotatable bonds is 8. The topological polar surface area (TPSA) is 6.48 Å². The molecule has 0 radical (unpaired) electrons. The standard InChI is InChI=1S/C47H20F30N2/c48-38(49,50)23-9-24(39(51,52)53)14-33(13-23)78(34-15-25(40(54,55)56)10-26(16-34)41(57,58)59)31-5-1-21(2-6-31)37(46(72,73)74,47(75,76)77)22-3-7-32(8-4-22)79(35-17-27(42(60,61)62)11-28(18-35)43(63,64)65)36-19-29(44(66,67)68)12-30(20-36)45(69,70)71/h1-20H. The molecule has 0 saturated carbocycles. The van der Waals surface area contributed by atoms with Gasteiger partial charge in [0.2, 0.25) is 5.41 Å². The second kappa shape index (κ2) is 19.6. The lowest BCUT2D eigenvalue weighted by Crippen LogP contribution is -2.54. The fourth-order valence-electron chi connectivity index (χ4n) is 7.87. The first kappa shape index (κ1) is 61.0. The molecule has 428 valence electrons. The van der Waals surface area contributed by atoms with Gasteiger partial charge >= 0.3 is 61.8 Å². The van der Waals surface area contributed by atoms with Gasteiger partial charge in [0, 0.05) is 34.1 Å². The first-order valence-corrected chi connectivity index (χ1v) is 20.6. The summed E-state index contributed by atoms with van der Waals surface area (Å²) in [6.07, 6.45) is -60.3. The van der Waals surface area contributed by atoms with Gasteiger partial charge in [-0.2, -0.15) is 132 Å². The zero-order valence-corrected chi connectivity index (χ0v) is 37.3. The molecular weight excluding hydrogens is 1160 g/mol. The number of hydrogen-bond donors (Lipinski definition) is 0. The van der Waals surface area contributed by atoms with Crippen molar-refractivity contribution in [2.75, 3.05) is 9.80 Å². The molecule has 6 aromatic rings. The van der Waals surface area contributed by atoms with Crippen LogP contribution in [-0.4, -0.2) is 12.4 Å². The van der Waals surface area contributed by atoms with Crippen molar-refractivity contribution < 1.29 is 132 Å². The summed E-state index contributed by atoms with van der Waals surface area (Å²) < 4.78 is 430. The SMILES string of the molecule is FC(F)(F)c1cc(N(c2ccc(C(c3ccc(N(c4cc(C(F)(F)F)cc(C(F)(F)F)c4)c4cc(C(F)(F)F)cc(C(F)(F)F)c4)cc3)(C(F)(F)F)C(F)(F)F)cc2)c2cc(C(F)(F)F)cc(C(F)(F)F)c2)cc(C(F)(F)F)c1. The Labute approximate surface area is 419 Å². The van der Waals surface area contributed by atoms with Gasteiger partial charge in [-0.3, -0.25) is 0 Å². The summed E-state index contributed by atoms with van der Waals surface area (Å²) in [6.45, 7) is 0. The van der Waals surface area contributed by atoms with Crippen LogP contribution in [0.4, 0.5) is 166 Å². The minimum atomic E-state index is -6.82. The molecule has 0 atom stereocenters. The number of benzene rings is 6. The lowest BCUT2D eigenvalue weighted by Gasteiger charge is -2.39. The van der Waals surface area contributed by atoms with Gasteiger partial charge in [0.25, 0.3) is 0 Å². The third-order valence-electron chi connectivity index (χ3n) is 11.3. The second-order valence-corrected chi connectivity index (χ2v) is 16.6. The molecule has 0 aliphatic carbocycles. The van der Waals surface area contributed by atoms with E-state index in [4.69, 9.17) is 0 Å². The third-order valence-corrected chi connectivity index (χ3v) is 11.3. The normalized spacial score (nSPS) is 13.9. The quantitative estimate of drug-likeness (QED) is 0.140. The Kier molecular flexibility index (Phi) is 15.1. The fraction of sp³-hybridized carbons (Fsp3) is 0.234. The fourth-order valence-corrected chi connectivity index (χ4v) is 7.87. The van der Waals surface area contributed by atoms with Crippen LogP contribution in [0.5, 0.6) is 0 Å². The van der Waals surface area contributed by atoms with Gasteiger partial charge in [-0.1, -0.05) is 24.3 Å². The summed E-state index contributed by atoms with van der Waals surface area (Å²) in [7, 11) is 0. The Hall–Kier alpha value is -7.18. The summed E-state index contributed by atoms with van der Waals surface area (Å²) in [6, 6.07) is -6.35. The maximum Gasteiger partial charge on any atom is 0.416 e. The van der Waals surface area contributed by atoms with E-state index in [1.54, 1.807) is 0 Å². The Morgan fingerprint density at radius 1 is 0.177 bits per heavy atom. The maximum atomic E-state index is 15.5. The molecule has 0 bridgehead atoms. The van der Waals surface area contributed by atoms with Crippen LogP contribution >= 0.6 is 0 Å². The van der Waals surface area contributed by atoms with Crippen LogP contribution in [0.2, 0.25) is 0 Å². The molecule has 0 saturated heterocycles. The number of nitrogens with zero attached hydrogens (tertiary/aromatic N) is 2. The van der Waals surface area contributed by atoms with Crippen molar-refractivity contribution in [3.8, 4) is 0 Å². The van der Waals surface area contributed by atoms with Gasteiger partial charge in [-0.25, -0.2) is 0 Å². The molecule has 32 heteroatoms. The van der Waals surface area contributed by atoms with Gasteiger partial charge in [-0.05, 0) is 108 Å². The maximum absolute atomic E-state index is 15.5. The Balaban J connectivity index is 1.67. The molecule has 0 N–H and O–H groups in total. The van der Waals surface area contributed by atoms with Crippen molar-refractivity contribution in [2.45, 2.75) is 67.2 Å². The van der Waals surface area contributed by atoms with E-state index >= 15 is 26.3 Å². The highest BCUT2D eigenvalue weighted by Crippen LogP contribution is 2.58. The molecule has 0 fully saturated rings. The lowest BCUT2D eigenvalue weighted by molar-refractivity contribution is -0.288. The molecule has 0 aromatic heterocycles. The molecule has 0 spiro atoms. The molecule has 6 aromatic carbocycles. The van der Waals surface area contributed by atoms with Crippen molar-refractivity contribution in [2.24, 2.45) is 0 Å². The van der Waals surface area contributed by atoms with Crippen molar-refractivity contribution in [1.29, 1.82) is 0 Å². The highest BCUT2D eigenvalue weighted by molar-refractivity contribution is 5.80. The molecule has 0 aliphatic heterocycles. The van der Waals surface area contributed by atoms with Crippen LogP contribution in [0, 0.1) is 0 Å². The second-order valence-electron chi connectivity index (χ2n) is 16.6.